The van der Waals surface area contributed by atoms with Crippen molar-refractivity contribution in [2.75, 3.05) is 12.3 Å². The predicted molar refractivity (Wildman–Crippen MR) is 127 cm³/mol. The molecule has 0 aliphatic heterocycles. The highest BCUT2D eigenvalue weighted by Crippen LogP contribution is 2.16. The zero-order chi connectivity index (χ0) is 21.9. The predicted octanol–water partition coefficient (Wildman–Crippen LogP) is 4.60. The van der Waals surface area contributed by atoms with Crippen molar-refractivity contribution in [3.05, 3.63) is 71.3 Å². The summed E-state index contributed by atoms with van der Waals surface area (Å²) in [5.41, 5.74) is 3.60. The van der Waals surface area contributed by atoms with E-state index in [2.05, 4.69) is 42.6 Å². The normalized spacial score (nSPS) is 12.8. The van der Waals surface area contributed by atoms with E-state index < -0.39 is 6.04 Å². The molecule has 0 aliphatic rings. The number of carbonyl (C=O) groups is 2. The number of aryl methyl sites for hydroxylation is 1. The lowest BCUT2D eigenvalue weighted by molar-refractivity contribution is -0.138. The average molecular weight is 427 g/mol. The fraction of sp³-hybridized carbons (Fsp3) is 0.440. The van der Waals surface area contributed by atoms with E-state index in [1.807, 2.05) is 45.0 Å². The molecule has 0 spiro atoms. The Kier molecular flexibility index (Phi) is 9.95. The summed E-state index contributed by atoms with van der Waals surface area (Å²) < 4.78 is 0. The van der Waals surface area contributed by atoms with E-state index >= 15 is 0 Å². The number of amides is 2. The fourth-order valence-electron chi connectivity index (χ4n) is 3.18. The van der Waals surface area contributed by atoms with Gasteiger partial charge in [0.15, 0.2) is 0 Å². The van der Waals surface area contributed by atoms with Gasteiger partial charge < -0.3 is 10.2 Å². The number of nitrogens with one attached hydrogen (secondary N) is 1. The molecule has 2 aromatic rings. The quantitative estimate of drug-likeness (QED) is 0.571. The first kappa shape index (κ1) is 24.0. The SMILES string of the molecule is CC[C@H](C)NC(=O)[C@H](C)N(CCc1ccccc1)C(=O)CSCc1cccc(C)c1. The van der Waals surface area contributed by atoms with Crippen molar-refractivity contribution >= 4 is 23.6 Å². The van der Waals surface area contributed by atoms with Crippen LogP contribution in [0.2, 0.25) is 0 Å². The highest BCUT2D eigenvalue weighted by atomic mass is 32.2. The van der Waals surface area contributed by atoms with Crippen LogP contribution >= 0.6 is 11.8 Å². The Morgan fingerprint density at radius 3 is 2.40 bits per heavy atom. The summed E-state index contributed by atoms with van der Waals surface area (Å²) in [6.45, 7) is 8.45. The zero-order valence-electron chi connectivity index (χ0n) is 18.6. The third-order valence-corrected chi connectivity index (χ3v) is 6.22. The van der Waals surface area contributed by atoms with Crippen LogP contribution in [-0.4, -0.2) is 41.1 Å². The van der Waals surface area contributed by atoms with E-state index in [-0.39, 0.29) is 17.9 Å². The molecule has 0 saturated heterocycles. The van der Waals surface area contributed by atoms with Gasteiger partial charge in [-0.2, -0.15) is 0 Å². The van der Waals surface area contributed by atoms with Crippen LogP contribution in [0.3, 0.4) is 0 Å². The molecular formula is C25H34N2O2S. The van der Waals surface area contributed by atoms with Crippen molar-refractivity contribution in [1.29, 1.82) is 0 Å². The topological polar surface area (TPSA) is 49.4 Å². The lowest BCUT2D eigenvalue weighted by Gasteiger charge is -2.29. The zero-order valence-corrected chi connectivity index (χ0v) is 19.4. The minimum atomic E-state index is -0.491. The molecular weight excluding hydrogens is 392 g/mol. The van der Waals surface area contributed by atoms with Crippen molar-refractivity contribution in [1.82, 2.24) is 10.2 Å². The number of benzene rings is 2. The van der Waals surface area contributed by atoms with Gasteiger partial charge in [0, 0.05) is 18.3 Å². The summed E-state index contributed by atoms with van der Waals surface area (Å²) in [5.74, 6) is 1.07. The maximum atomic E-state index is 13.0. The smallest absolute Gasteiger partial charge is 0.242 e. The summed E-state index contributed by atoms with van der Waals surface area (Å²) in [6.07, 6.45) is 1.60. The number of rotatable bonds is 11. The second-order valence-electron chi connectivity index (χ2n) is 7.80. The Balaban J connectivity index is 2.00. The second-order valence-corrected chi connectivity index (χ2v) is 8.78. The second kappa shape index (κ2) is 12.4. The minimum Gasteiger partial charge on any atom is -0.352 e. The molecule has 0 fully saturated rings. The van der Waals surface area contributed by atoms with Crippen LogP contribution in [-0.2, 0) is 21.8 Å². The lowest BCUT2D eigenvalue weighted by Crippen LogP contribution is -2.51. The molecule has 0 radical (unpaired) electrons. The molecule has 2 amide bonds. The molecule has 2 aromatic carbocycles. The third-order valence-electron chi connectivity index (χ3n) is 5.23. The first-order valence-corrected chi connectivity index (χ1v) is 11.8. The van der Waals surface area contributed by atoms with Gasteiger partial charge in [-0.1, -0.05) is 67.1 Å². The van der Waals surface area contributed by atoms with Gasteiger partial charge >= 0.3 is 0 Å². The first-order chi connectivity index (χ1) is 14.4. The summed E-state index contributed by atoms with van der Waals surface area (Å²) in [4.78, 5) is 27.5. The number of nitrogens with zero attached hydrogens (tertiary/aromatic N) is 1. The van der Waals surface area contributed by atoms with Crippen LogP contribution in [0.25, 0.3) is 0 Å². The van der Waals surface area contributed by atoms with Gasteiger partial charge in [0.2, 0.25) is 11.8 Å². The molecule has 162 valence electrons. The molecule has 0 aliphatic carbocycles. The molecule has 0 bridgehead atoms. The van der Waals surface area contributed by atoms with Gasteiger partial charge in [-0.15, -0.1) is 11.8 Å². The molecule has 4 nitrogen and oxygen atoms in total. The van der Waals surface area contributed by atoms with Crippen molar-refractivity contribution in [2.24, 2.45) is 0 Å². The van der Waals surface area contributed by atoms with Crippen molar-refractivity contribution < 1.29 is 9.59 Å². The fourth-order valence-corrected chi connectivity index (χ4v) is 4.03. The monoisotopic (exact) mass is 426 g/mol. The lowest BCUT2D eigenvalue weighted by atomic mass is 10.1. The summed E-state index contributed by atoms with van der Waals surface area (Å²) in [7, 11) is 0. The summed E-state index contributed by atoms with van der Waals surface area (Å²) >= 11 is 1.60. The molecule has 0 aromatic heterocycles. The molecule has 0 unspecified atom stereocenters. The van der Waals surface area contributed by atoms with E-state index in [1.165, 1.54) is 11.1 Å². The van der Waals surface area contributed by atoms with Gasteiger partial charge in [-0.05, 0) is 44.7 Å². The van der Waals surface area contributed by atoms with Crippen LogP contribution in [0.4, 0.5) is 0 Å². The van der Waals surface area contributed by atoms with Crippen molar-refractivity contribution in [3.8, 4) is 0 Å². The van der Waals surface area contributed by atoms with Gasteiger partial charge in [0.25, 0.3) is 0 Å². The Bertz CT molecular complexity index is 810. The summed E-state index contributed by atoms with van der Waals surface area (Å²) in [6, 6.07) is 18.0. The van der Waals surface area contributed by atoms with Crippen LogP contribution in [0.5, 0.6) is 0 Å². The van der Waals surface area contributed by atoms with Crippen LogP contribution in [0, 0.1) is 6.92 Å². The van der Waals surface area contributed by atoms with Gasteiger partial charge in [0.05, 0.1) is 5.75 Å². The van der Waals surface area contributed by atoms with Crippen LogP contribution in [0.1, 0.15) is 43.9 Å². The van der Waals surface area contributed by atoms with Crippen LogP contribution in [0.15, 0.2) is 54.6 Å². The highest BCUT2D eigenvalue weighted by Gasteiger charge is 2.26. The number of thioether (sulfide) groups is 1. The van der Waals surface area contributed by atoms with Gasteiger partial charge in [-0.25, -0.2) is 0 Å². The molecule has 2 atom stereocenters. The Labute approximate surface area is 185 Å². The number of carbonyl (C=O) groups excluding carboxylic acids is 2. The highest BCUT2D eigenvalue weighted by molar-refractivity contribution is 7.99. The van der Waals surface area contributed by atoms with E-state index in [9.17, 15) is 9.59 Å². The largest absolute Gasteiger partial charge is 0.352 e. The maximum absolute atomic E-state index is 13.0. The van der Waals surface area contributed by atoms with Crippen molar-refractivity contribution in [2.45, 2.75) is 58.4 Å². The van der Waals surface area contributed by atoms with E-state index in [4.69, 9.17) is 0 Å². The van der Waals surface area contributed by atoms with Gasteiger partial charge in [0.1, 0.15) is 6.04 Å². The molecule has 2 rings (SSSR count). The van der Waals surface area contributed by atoms with E-state index in [0.717, 1.165) is 24.2 Å². The summed E-state index contributed by atoms with van der Waals surface area (Å²) in [5, 5.41) is 3.01. The standard InChI is InChI=1S/C25H34N2O2S/c1-5-20(3)26-25(29)21(4)27(15-14-22-11-7-6-8-12-22)24(28)18-30-17-23-13-9-10-19(2)16-23/h6-13,16,20-21H,5,14-15,17-18H2,1-4H3,(H,26,29)/t20-,21-/m0/s1. The van der Waals surface area contributed by atoms with Gasteiger partial charge in [-0.3, -0.25) is 9.59 Å². The van der Waals surface area contributed by atoms with Crippen LogP contribution < -0.4 is 5.32 Å². The molecule has 0 heterocycles. The Hall–Kier alpha value is -2.27. The minimum absolute atomic E-state index is 0.00962. The van der Waals surface area contributed by atoms with E-state index in [1.54, 1.807) is 16.7 Å². The van der Waals surface area contributed by atoms with E-state index in [0.29, 0.717) is 12.3 Å². The Morgan fingerprint density at radius 1 is 1.03 bits per heavy atom. The molecule has 5 heteroatoms. The first-order valence-electron chi connectivity index (χ1n) is 10.7. The number of hydrogen-bond acceptors (Lipinski definition) is 3. The number of hydrogen-bond donors (Lipinski definition) is 1. The molecule has 30 heavy (non-hydrogen) atoms. The molecule has 0 saturated carbocycles. The Morgan fingerprint density at radius 2 is 1.73 bits per heavy atom. The molecule has 1 N–H and O–H groups in total. The van der Waals surface area contributed by atoms with Crippen molar-refractivity contribution in [3.63, 3.8) is 0 Å². The third kappa shape index (κ3) is 7.86. The maximum Gasteiger partial charge on any atom is 0.242 e. The average Bonchev–Trinajstić information content (AvgIpc) is 2.74.